The largest absolute Gasteiger partial charge is 0.494 e. The van der Waals surface area contributed by atoms with Gasteiger partial charge in [0.05, 0.1) is 18.9 Å². The van der Waals surface area contributed by atoms with Crippen molar-refractivity contribution in [1.82, 2.24) is 0 Å². The van der Waals surface area contributed by atoms with Crippen LogP contribution in [0.1, 0.15) is 24.0 Å². The van der Waals surface area contributed by atoms with E-state index in [1.54, 1.807) is 6.21 Å². The Morgan fingerprint density at radius 1 is 1.16 bits per heavy atom. The summed E-state index contributed by atoms with van der Waals surface area (Å²) in [7, 11) is 0. The lowest BCUT2D eigenvalue weighted by atomic mass is 10.2. The number of thioether (sulfide) groups is 1. The molecule has 0 bridgehead atoms. The molecule has 0 aliphatic heterocycles. The van der Waals surface area contributed by atoms with Gasteiger partial charge in [0.1, 0.15) is 5.75 Å². The van der Waals surface area contributed by atoms with E-state index in [4.69, 9.17) is 15.7 Å². The number of nitrogens with zero attached hydrogens (tertiary/aromatic N) is 3. The lowest BCUT2D eigenvalue weighted by molar-refractivity contribution is 0.312. The van der Waals surface area contributed by atoms with E-state index in [0.29, 0.717) is 18.2 Å². The molecule has 0 unspecified atom stereocenters. The van der Waals surface area contributed by atoms with Gasteiger partial charge < -0.3 is 10.5 Å². The smallest absolute Gasteiger partial charge is 0.180 e. The Hall–Kier alpha value is -2.78. The van der Waals surface area contributed by atoms with Gasteiger partial charge in [-0.3, -0.25) is 0 Å². The fourth-order valence-corrected chi connectivity index (χ4v) is 2.52. The van der Waals surface area contributed by atoms with Crippen LogP contribution in [0.3, 0.4) is 0 Å². The normalized spacial score (nSPS) is 11.4. The van der Waals surface area contributed by atoms with Gasteiger partial charge >= 0.3 is 0 Å². The maximum Gasteiger partial charge on any atom is 0.180 e. The van der Waals surface area contributed by atoms with Gasteiger partial charge in [0.15, 0.2) is 5.17 Å². The van der Waals surface area contributed by atoms with Gasteiger partial charge in [0.25, 0.3) is 0 Å². The van der Waals surface area contributed by atoms with Gasteiger partial charge in [-0.25, -0.2) is 0 Å². The van der Waals surface area contributed by atoms with E-state index in [9.17, 15) is 0 Å². The molecule has 5 nitrogen and oxygen atoms in total. The number of hydrogen-bond acceptors (Lipinski definition) is 5. The van der Waals surface area contributed by atoms with Crippen LogP contribution in [0, 0.1) is 11.3 Å². The van der Waals surface area contributed by atoms with Crippen molar-refractivity contribution in [3.63, 3.8) is 0 Å². The van der Waals surface area contributed by atoms with Gasteiger partial charge in [-0.15, -0.1) is 5.10 Å². The van der Waals surface area contributed by atoms with Crippen molar-refractivity contribution >= 4 is 23.1 Å². The molecule has 0 fully saturated rings. The van der Waals surface area contributed by atoms with Crippen molar-refractivity contribution < 1.29 is 4.74 Å². The zero-order chi connectivity index (χ0) is 17.7. The highest BCUT2D eigenvalue weighted by molar-refractivity contribution is 8.13. The highest BCUT2D eigenvalue weighted by Gasteiger charge is 1.96. The molecule has 0 aromatic heterocycles. The van der Waals surface area contributed by atoms with Crippen molar-refractivity contribution in [2.45, 2.75) is 18.6 Å². The first-order chi connectivity index (χ1) is 12.3. The SMILES string of the molecule is N#CCCCOc1ccc(C=NN=C(N)SCc2ccccc2)cc1. The average Bonchev–Trinajstić information content (AvgIpc) is 2.66. The third kappa shape index (κ3) is 7.55. The second kappa shape index (κ2) is 10.9. The van der Waals surface area contributed by atoms with Crippen LogP contribution < -0.4 is 10.5 Å². The second-order valence-electron chi connectivity index (χ2n) is 5.14. The molecule has 2 aromatic carbocycles. The lowest BCUT2D eigenvalue weighted by Crippen LogP contribution is -2.05. The molecule has 0 atom stereocenters. The third-order valence-corrected chi connectivity index (χ3v) is 4.03. The van der Waals surface area contributed by atoms with Crippen LogP contribution in [0.2, 0.25) is 0 Å². The summed E-state index contributed by atoms with van der Waals surface area (Å²) >= 11 is 1.45. The van der Waals surface area contributed by atoms with E-state index < -0.39 is 0 Å². The predicted molar refractivity (Wildman–Crippen MR) is 104 cm³/mol. The molecule has 2 N–H and O–H groups in total. The predicted octanol–water partition coefficient (Wildman–Crippen LogP) is 3.95. The molecule has 0 spiro atoms. The summed E-state index contributed by atoms with van der Waals surface area (Å²) in [5.74, 6) is 1.54. The molecule has 0 radical (unpaired) electrons. The summed E-state index contributed by atoms with van der Waals surface area (Å²) in [4.78, 5) is 0. The average molecular weight is 352 g/mol. The van der Waals surface area contributed by atoms with Crippen LogP contribution in [0.15, 0.2) is 64.8 Å². The number of benzene rings is 2. The monoisotopic (exact) mass is 352 g/mol. The van der Waals surface area contributed by atoms with E-state index in [1.807, 2.05) is 54.6 Å². The molecular weight excluding hydrogens is 332 g/mol. The van der Waals surface area contributed by atoms with Crippen LogP contribution in [-0.2, 0) is 5.75 Å². The Morgan fingerprint density at radius 3 is 2.64 bits per heavy atom. The van der Waals surface area contributed by atoms with Crippen molar-refractivity contribution in [2.24, 2.45) is 15.9 Å². The van der Waals surface area contributed by atoms with Crippen LogP contribution in [0.5, 0.6) is 5.75 Å². The minimum absolute atomic E-state index is 0.428. The summed E-state index contributed by atoms with van der Waals surface area (Å²) in [5.41, 5.74) is 7.95. The zero-order valence-corrected chi connectivity index (χ0v) is 14.7. The van der Waals surface area contributed by atoms with Crippen molar-refractivity contribution in [2.75, 3.05) is 6.61 Å². The van der Waals surface area contributed by atoms with E-state index in [0.717, 1.165) is 23.5 Å². The number of amidine groups is 1. The molecular formula is C19H20N4OS. The van der Waals surface area contributed by atoms with Crippen LogP contribution in [0.25, 0.3) is 0 Å². The molecule has 6 heteroatoms. The maximum absolute atomic E-state index is 8.47. The standard InChI is InChI=1S/C19H20N4OS/c20-12-4-5-13-24-18-10-8-16(9-11-18)14-22-23-19(21)25-15-17-6-2-1-3-7-17/h1-3,6-11,14H,4-5,13,15H2,(H2,21,23). The van der Waals surface area contributed by atoms with Crippen LogP contribution in [0.4, 0.5) is 0 Å². The Bertz CT molecular complexity index is 736. The van der Waals surface area contributed by atoms with Gasteiger partial charge in [0.2, 0.25) is 0 Å². The fraction of sp³-hybridized carbons (Fsp3) is 0.211. The summed E-state index contributed by atoms with van der Waals surface area (Å²) < 4.78 is 5.53. The van der Waals surface area contributed by atoms with Crippen molar-refractivity contribution in [3.05, 3.63) is 65.7 Å². The highest BCUT2D eigenvalue weighted by atomic mass is 32.2. The molecule has 0 saturated heterocycles. The first-order valence-electron chi connectivity index (χ1n) is 7.91. The molecule has 0 saturated carbocycles. The number of nitrogens with two attached hydrogens (primary N) is 1. The molecule has 0 amide bonds. The Kier molecular flexibility index (Phi) is 8.09. The van der Waals surface area contributed by atoms with Crippen LogP contribution in [-0.4, -0.2) is 18.0 Å². The summed E-state index contributed by atoms with van der Waals surface area (Å²) in [6, 6.07) is 19.7. The number of nitriles is 1. The number of ether oxygens (including phenoxy) is 1. The fourth-order valence-electron chi connectivity index (χ4n) is 1.90. The number of hydrogen-bond donors (Lipinski definition) is 1. The van der Waals surface area contributed by atoms with Crippen LogP contribution >= 0.6 is 11.8 Å². The summed E-state index contributed by atoms with van der Waals surface area (Å²) in [5, 5.41) is 16.9. The molecule has 25 heavy (non-hydrogen) atoms. The molecule has 0 heterocycles. The molecule has 128 valence electrons. The third-order valence-electron chi connectivity index (χ3n) is 3.17. The molecule has 2 aromatic rings. The molecule has 0 aliphatic rings. The Balaban J connectivity index is 1.77. The van der Waals surface area contributed by atoms with E-state index in [2.05, 4.69) is 16.3 Å². The van der Waals surface area contributed by atoms with Crippen molar-refractivity contribution in [1.29, 1.82) is 5.26 Å². The maximum atomic E-state index is 8.47. The second-order valence-corrected chi connectivity index (χ2v) is 6.13. The topological polar surface area (TPSA) is 83.8 Å². The van der Waals surface area contributed by atoms with Gasteiger partial charge in [-0.1, -0.05) is 42.1 Å². The summed E-state index contributed by atoms with van der Waals surface area (Å²) in [6.45, 7) is 0.542. The van der Waals surface area contributed by atoms with Gasteiger partial charge in [-0.05, 0) is 41.8 Å². The van der Waals surface area contributed by atoms with Gasteiger partial charge in [-0.2, -0.15) is 10.4 Å². The Morgan fingerprint density at radius 2 is 1.92 bits per heavy atom. The zero-order valence-electron chi connectivity index (χ0n) is 13.8. The first kappa shape index (κ1) is 18.6. The number of unbranched alkanes of at least 4 members (excludes halogenated alkanes) is 1. The Labute approximate surface area is 152 Å². The van der Waals surface area contributed by atoms with E-state index >= 15 is 0 Å². The summed E-state index contributed by atoms with van der Waals surface area (Å²) in [6.07, 6.45) is 2.89. The minimum Gasteiger partial charge on any atom is -0.494 e. The highest BCUT2D eigenvalue weighted by Crippen LogP contribution is 2.13. The van der Waals surface area contributed by atoms with Crippen molar-refractivity contribution in [3.8, 4) is 11.8 Å². The lowest BCUT2D eigenvalue weighted by Gasteiger charge is -2.04. The van der Waals surface area contributed by atoms with E-state index in [-0.39, 0.29) is 0 Å². The minimum atomic E-state index is 0.428. The number of rotatable bonds is 8. The van der Waals surface area contributed by atoms with Gasteiger partial charge in [0, 0.05) is 12.2 Å². The molecule has 2 rings (SSSR count). The first-order valence-corrected chi connectivity index (χ1v) is 8.89. The quantitative estimate of drug-likeness (QED) is 0.337. The molecule has 0 aliphatic carbocycles. The van der Waals surface area contributed by atoms with E-state index in [1.165, 1.54) is 17.3 Å².